The first-order chi connectivity index (χ1) is 10.6. The summed E-state index contributed by atoms with van der Waals surface area (Å²) < 4.78 is 16.3. The number of rotatable bonds is 5. The Kier molecular flexibility index (Phi) is 4.84. The molecule has 0 atom stereocenters. The second-order valence-corrected chi connectivity index (χ2v) is 4.68. The molecule has 0 saturated carbocycles. The van der Waals surface area contributed by atoms with Gasteiger partial charge in [0.15, 0.2) is 11.5 Å². The van der Waals surface area contributed by atoms with E-state index in [4.69, 9.17) is 19.2 Å². The minimum absolute atomic E-state index is 0.324. The fourth-order valence-electron chi connectivity index (χ4n) is 2.00. The van der Waals surface area contributed by atoms with Crippen LogP contribution >= 0.6 is 0 Å². The third-order valence-corrected chi connectivity index (χ3v) is 3.30. The molecule has 0 spiro atoms. The minimum Gasteiger partial charge on any atom is -0.493 e. The summed E-state index contributed by atoms with van der Waals surface area (Å²) in [5.74, 6) is 2.35. The van der Waals surface area contributed by atoms with E-state index >= 15 is 0 Å². The summed E-state index contributed by atoms with van der Waals surface area (Å²) in [5.41, 5.74) is 2.11. The number of nitrogens with zero attached hydrogens (tertiary/aromatic N) is 2. The van der Waals surface area contributed by atoms with Gasteiger partial charge in [0.2, 0.25) is 5.88 Å². The Morgan fingerprint density at radius 3 is 2.73 bits per heavy atom. The molecule has 1 heterocycles. The molecule has 0 bridgehead atoms. The molecule has 0 fully saturated rings. The predicted octanol–water partition coefficient (Wildman–Crippen LogP) is 3.93. The summed E-state index contributed by atoms with van der Waals surface area (Å²) in [4.78, 5) is 4.27. The number of furan rings is 1. The Morgan fingerprint density at radius 1 is 1.32 bits per heavy atom. The van der Waals surface area contributed by atoms with Crippen LogP contribution in [-0.2, 0) is 0 Å². The fourth-order valence-corrected chi connectivity index (χ4v) is 2.00. The van der Waals surface area contributed by atoms with Crippen LogP contribution in [0.5, 0.6) is 11.5 Å². The van der Waals surface area contributed by atoms with E-state index in [-0.39, 0.29) is 0 Å². The lowest BCUT2D eigenvalue weighted by atomic mass is 10.2. The maximum absolute atomic E-state index is 9.17. The zero-order chi connectivity index (χ0) is 16.1. The van der Waals surface area contributed by atoms with Gasteiger partial charge in [-0.2, -0.15) is 5.26 Å². The first-order valence-corrected chi connectivity index (χ1v) is 6.95. The summed E-state index contributed by atoms with van der Waals surface area (Å²) in [5, 5.41) is 9.17. The summed E-state index contributed by atoms with van der Waals surface area (Å²) in [6, 6.07) is 7.63. The van der Waals surface area contributed by atoms with Crippen molar-refractivity contribution >= 4 is 12.1 Å². The molecule has 5 nitrogen and oxygen atoms in total. The molecule has 0 unspecified atom stereocenters. The summed E-state index contributed by atoms with van der Waals surface area (Å²) in [6.07, 6.45) is 1.64. The van der Waals surface area contributed by atoms with Crippen molar-refractivity contribution in [3.05, 3.63) is 40.6 Å². The van der Waals surface area contributed by atoms with Crippen LogP contribution in [-0.4, -0.2) is 19.9 Å². The third kappa shape index (κ3) is 3.12. The Balaban J connectivity index is 2.31. The quantitative estimate of drug-likeness (QED) is 0.784. The van der Waals surface area contributed by atoms with E-state index in [0.717, 1.165) is 11.1 Å². The molecule has 1 aromatic carbocycles. The number of aliphatic imine (C=N–C) groups is 1. The summed E-state index contributed by atoms with van der Waals surface area (Å²) in [6.45, 7) is 6.14. The lowest BCUT2D eigenvalue weighted by Crippen LogP contribution is -1.96. The van der Waals surface area contributed by atoms with Gasteiger partial charge in [0, 0.05) is 11.8 Å². The van der Waals surface area contributed by atoms with E-state index in [1.165, 1.54) is 0 Å². The van der Waals surface area contributed by atoms with Crippen LogP contribution in [0.2, 0.25) is 0 Å². The van der Waals surface area contributed by atoms with Gasteiger partial charge < -0.3 is 13.9 Å². The van der Waals surface area contributed by atoms with Crippen molar-refractivity contribution in [2.24, 2.45) is 4.99 Å². The smallest absolute Gasteiger partial charge is 0.237 e. The molecule has 0 saturated heterocycles. The van der Waals surface area contributed by atoms with Crippen molar-refractivity contribution in [3.63, 3.8) is 0 Å². The normalized spacial score (nSPS) is 10.7. The first kappa shape index (κ1) is 15.6. The predicted molar refractivity (Wildman–Crippen MR) is 84.3 cm³/mol. The second kappa shape index (κ2) is 6.81. The van der Waals surface area contributed by atoms with Crippen LogP contribution in [0.25, 0.3) is 0 Å². The molecule has 0 N–H and O–H groups in total. The molecule has 0 aliphatic carbocycles. The highest BCUT2D eigenvalue weighted by atomic mass is 16.5. The number of hydrogen-bond donors (Lipinski definition) is 0. The molecule has 2 aromatic rings. The SMILES string of the molecule is CCOc1ccc(C=Nc2oc(C)c(C)c2C#N)cc1OC. The van der Waals surface area contributed by atoms with E-state index in [9.17, 15) is 0 Å². The number of hydrogen-bond acceptors (Lipinski definition) is 5. The van der Waals surface area contributed by atoms with E-state index in [1.54, 1.807) is 13.3 Å². The van der Waals surface area contributed by atoms with E-state index in [1.807, 2.05) is 39.0 Å². The lowest BCUT2D eigenvalue weighted by Gasteiger charge is -2.09. The highest BCUT2D eigenvalue weighted by Crippen LogP contribution is 2.29. The van der Waals surface area contributed by atoms with Gasteiger partial charge in [0.05, 0.1) is 13.7 Å². The van der Waals surface area contributed by atoms with Crippen LogP contribution in [0.1, 0.15) is 29.4 Å². The Hall–Kier alpha value is -2.74. The molecular formula is C17H18N2O3. The number of benzene rings is 1. The minimum atomic E-state index is 0.324. The Morgan fingerprint density at radius 2 is 2.09 bits per heavy atom. The fraction of sp³-hybridized carbons (Fsp3) is 0.294. The van der Waals surface area contributed by atoms with Crippen LogP contribution in [0, 0.1) is 25.2 Å². The zero-order valence-corrected chi connectivity index (χ0v) is 13.1. The van der Waals surface area contributed by atoms with Gasteiger partial charge in [0.25, 0.3) is 0 Å². The zero-order valence-electron chi connectivity index (χ0n) is 13.1. The monoisotopic (exact) mass is 298 g/mol. The number of aryl methyl sites for hydroxylation is 1. The molecule has 0 aliphatic heterocycles. The molecule has 0 radical (unpaired) electrons. The van der Waals surface area contributed by atoms with Crippen molar-refractivity contribution in [3.8, 4) is 17.6 Å². The molecule has 0 amide bonds. The van der Waals surface area contributed by atoms with Crippen molar-refractivity contribution in [2.75, 3.05) is 13.7 Å². The van der Waals surface area contributed by atoms with Gasteiger partial charge in [0.1, 0.15) is 17.4 Å². The molecule has 22 heavy (non-hydrogen) atoms. The first-order valence-electron chi connectivity index (χ1n) is 6.95. The average molecular weight is 298 g/mol. The van der Waals surface area contributed by atoms with Crippen molar-refractivity contribution in [2.45, 2.75) is 20.8 Å². The molecule has 1 aromatic heterocycles. The van der Waals surface area contributed by atoms with E-state index in [2.05, 4.69) is 11.1 Å². The largest absolute Gasteiger partial charge is 0.493 e. The Bertz CT molecular complexity index is 739. The second-order valence-electron chi connectivity index (χ2n) is 4.68. The Labute approximate surface area is 129 Å². The van der Waals surface area contributed by atoms with Gasteiger partial charge in [-0.3, -0.25) is 0 Å². The number of nitriles is 1. The third-order valence-electron chi connectivity index (χ3n) is 3.30. The van der Waals surface area contributed by atoms with Crippen molar-refractivity contribution < 1.29 is 13.9 Å². The summed E-state index contributed by atoms with van der Waals surface area (Å²) in [7, 11) is 1.59. The standard InChI is InChI=1S/C17H18N2O3/c1-5-21-15-7-6-13(8-16(15)20-4)10-19-17-14(9-18)11(2)12(3)22-17/h6-8,10H,5H2,1-4H3. The molecule has 0 aliphatic rings. The summed E-state index contributed by atoms with van der Waals surface area (Å²) >= 11 is 0. The van der Waals surface area contributed by atoms with Crippen molar-refractivity contribution in [1.82, 2.24) is 0 Å². The maximum Gasteiger partial charge on any atom is 0.237 e. The van der Waals surface area contributed by atoms with Crippen LogP contribution < -0.4 is 9.47 Å². The van der Waals surface area contributed by atoms with Gasteiger partial charge in [-0.15, -0.1) is 0 Å². The molecule has 5 heteroatoms. The van der Waals surface area contributed by atoms with Crippen molar-refractivity contribution in [1.29, 1.82) is 5.26 Å². The van der Waals surface area contributed by atoms with E-state index < -0.39 is 0 Å². The molecular weight excluding hydrogens is 280 g/mol. The highest BCUT2D eigenvalue weighted by Gasteiger charge is 2.13. The van der Waals surface area contributed by atoms with Gasteiger partial charge in [-0.1, -0.05) is 0 Å². The lowest BCUT2D eigenvalue weighted by molar-refractivity contribution is 0.311. The van der Waals surface area contributed by atoms with Gasteiger partial charge in [-0.25, -0.2) is 4.99 Å². The van der Waals surface area contributed by atoms with Gasteiger partial charge >= 0.3 is 0 Å². The maximum atomic E-state index is 9.17. The number of methoxy groups -OCH3 is 1. The molecule has 114 valence electrons. The van der Waals surface area contributed by atoms with Crippen LogP contribution in [0.3, 0.4) is 0 Å². The topological polar surface area (TPSA) is 67.8 Å². The van der Waals surface area contributed by atoms with Crippen LogP contribution in [0.4, 0.5) is 5.88 Å². The van der Waals surface area contributed by atoms with Crippen LogP contribution in [0.15, 0.2) is 27.6 Å². The van der Waals surface area contributed by atoms with Gasteiger partial charge in [-0.05, 0) is 44.5 Å². The highest BCUT2D eigenvalue weighted by molar-refractivity contribution is 5.83. The number of ether oxygens (including phenoxy) is 2. The van der Waals surface area contributed by atoms with E-state index in [0.29, 0.717) is 35.3 Å². The average Bonchev–Trinajstić information content (AvgIpc) is 2.80. The molecule has 2 rings (SSSR count).